The summed E-state index contributed by atoms with van der Waals surface area (Å²) in [7, 11) is 3.18. The van der Waals surface area contributed by atoms with Crippen LogP contribution in [0.25, 0.3) is 11.0 Å². The molecule has 4 aromatic rings. The average molecular weight is 440 g/mol. The highest BCUT2D eigenvalue weighted by Crippen LogP contribution is 2.34. The Bertz CT molecular complexity index is 1150. The Hall–Kier alpha value is -2.90. The van der Waals surface area contributed by atoms with Crippen LogP contribution in [0.15, 0.2) is 68.6 Å². The summed E-state index contributed by atoms with van der Waals surface area (Å²) < 4.78 is 17.7. The van der Waals surface area contributed by atoms with Gasteiger partial charge in [-0.05, 0) is 35.2 Å². The van der Waals surface area contributed by atoms with Crippen molar-refractivity contribution in [2.75, 3.05) is 14.2 Å². The third-order valence-electron chi connectivity index (χ3n) is 4.66. The first kappa shape index (κ1) is 20.4. The lowest BCUT2D eigenvalue weighted by Gasteiger charge is -2.10. The van der Waals surface area contributed by atoms with Crippen molar-refractivity contribution >= 4 is 40.0 Å². The Morgan fingerprint density at radius 2 is 1.90 bits per heavy atom. The third kappa shape index (κ3) is 4.32. The molecule has 5 nitrogen and oxygen atoms in total. The van der Waals surface area contributed by atoms with Gasteiger partial charge in [0.2, 0.25) is 0 Å². The standard InChI is InChI=1S/C23H21NO4S2/c1-26-19-10-9-15(12-20(19)27-2)13-24-23(25)22-17(14-30-21-8-5-11-29-21)16-6-3-4-7-18(16)28-22/h3-12H,13-14H2,1-2H3,(H,24,25). The fraction of sp³-hybridized carbons (Fsp3) is 0.174. The van der Waals surface area contributed by atoms with Crippen LogP contribution in [0.5, 0.6) is 11.5 Å². The molecule has 2 aromatic carbocycles. The molecule has 0 spiro atoms. The summed E-state index contributed by atoms with van der Waals surface area (Å²) in [6.45, 7) is 0.355. The molecule has 1 N–H and O–H groups in total. The van der Waals surface area contributed by atoms with Crippen molar-refractivity contribution in [1.29, 1.82) is 0 Å². The van der Waals surface area contributed by atoms with Crippen molar-refractivity contribution < 1.29 is 18.7 Å². The highest BCUT2D eigenvalue weighted by Gasteiger charge is 2.20. The zero-order valence-electron chi connectivity index (χ0n) is 16.6. The number of thiophene rings is 1. The van der Waals surface area contributed by atoms with Crippen LogP contribution in [0.1, 0.15) is 21.7 Å². The highest BCUT2D eigenvalue weighted by molar-refractivity contribution is 8.00. The molecule has 7 heteroatoms. The number of hydrogen-bond acceptors (Lipinski definition) is 6. The largest absolute Gasteiger partial charge is 0.493 e. The van der Waals surface area contributed by atoms with Crippen LogP contribution in [0.4, 0.5) is 0 Å². The number of hydrogen-bond donors (Lipinski definition) is 1. The Labute approximate surface area is 183 Å². The number of para-hydroxylation sites is 1. The van der Waals surface area contributed by atoms with Crippen molar-refractivity contribution in [2.24, 2.45) is 0 Å². The van der Waals surface area contributed by atoms with Gasteiger partial charge in [-0.15, -0.1) is 23.1 Å². The van der Waals surface area contributed by atoms with E-state index in [0.29, 0.717) is 29.6 Å². The van der Waals surface area contributed by atoms with E-state index in [1.807, 2.05) is 53.9 Å². The Morgan fingerprint density at radius 1 is 1.07 bits per heavy atom. The summed E-state index contributed by atoms with van der Waals surface area (Å²) in [5.41, 5.74) is 2.54. The van der Waals surface area contributed by atoms with Crippen LogP contribution in [0, 0.1) is 0 Å². The van der Waals surface area contributed by atoms with Gasteiger partial charge in [-0.3, -0.25) is 4.79 Å². The molecule has 0 aliphatic carbocycles. The lowest BCUT2D eigenvalue weighted by atomic mass is 10.1. The van der Waals surface area contributed by atoms with Gasteiger partial charge in [0, 0.05) is 23.2 Å². The van der Waals surface area contributed by atoms with Crippen LogP contribution in [-0.2, 0) is 12.3 Å². The molecule has 0 bridgehead atoms. The maximum Gasteiger partial charge on any atom is 0.287 e. The highest BCUT2D eigenvalue weighted by atomic mass is 32.2. The molecule has 0 radical (unpaired) electrons. The minimum absolute atomic E-state index is 0.234. The van der Waals surface area contributed by atoms with Gasteiger partial charge in [-0.2, -0.15) is 0 Å². The topological polar surface area (TPSA) is 60.7 Å². The second-order valence-corrected chi connectivity index (χ2v) is 8.72. The fourth-order valence-corrected chi connectivity index (χ4v) is 4.98. The molecular weight excluding hydrogens is 418 g/mol. The molecule has 0 saturated heterocycles. The molecule has 0 aliphatic rings. The van der Waals surface area contributed by atoms with Crippen molar-refractivity contribution in [3.8, 4) is 11.5 Å². The summed E-state index contributed by atoms with van der Waals surface area (Å²) in [6.07, 6.45) is 0. The average Bonchev–Trinajstić information content (AvgIpc) is 3.43. The predicted octanol–water partition coefficient (Wildman–Crippen LogP) is 5.73. The number of carbonyl (C=O) groups is 1. The third-order valence-corrected chi connectivity index (χ3v) is 6.82. The van der Waals surface area contributed by atoms with Crippen LogP contribution < -0.4 is 14.8 Å². The van der Waals surface area contributed by atoms with Gasteiger partial charge in [0.1, 0.15) is 5.58 Å². The SMILES string of the molecule is COc1ccc(CNC(=O)c2oc3ccccc3c2CSc2cccs2)cc1OC. The van der Waals surface area contributed by atoms with Crippen molar-refractivity contribution in [1.82, 2.24) is 5.32 Å². The number of thioether (sulfide) groups is 1. The van der Waals surface area contributed by atoms with E-state index in [4.69, 9.17) is 13.9 Å². The number of nitrogens with one attached hydrogen (secondary N) is 1. The lowest BCUT2D eigenvalue weighted by molar-refractivity contribution is 0.0924. The van der Waals surface area contributed by atoms with E-state index in [1.165, 1.54) is 4.21 Å². The number of fused-ring (bicyclic) bond motifs is 1. The molecule has 4 rings (SSSR count). The van der Waals surface area contributed by atoms with E-state index in [1.54, 1.807) is 37.3 Å². The number of ether oxygens (including phenoxy) is 2. The van der Waals surface area contributed by atoms with E-state index in [0.717, 1.165) is 22.1 Å². The number of methoxy groups -OCH3 is 2. The summed E-state index contributed by atoms with van der Waals surface area (Å²) in [5.74, 6) is 2.07. The molecule has 1 amide bonds. The molecule has 2 aromatic heterocycles. The summed E-state index contributed by atoms with van der Waals surface area (Å²) in [5, 5.41) is 5.98. The number of carbonyl (C=O) groups excluding carboxylic acids is 1. The second-order valence-electron chi connectivity index (χ2n) is 6.50. The first-order chi connectivity index (χ1) is 14.7. The van der Waals surface area contributed by atoms with E-state index < -0.39 is 0 Å². The first-order valence-electron chi connectivity index (χ1n) is 9.35. The van der Waals surface area contributed by atoms with Crippen LogP contribution >= 0.6 is 23.1 Å². The molecule has 30 heavy (non-hydrogen) atoms. The van der Waals surface area contributed by atoms with Gasteiger partial charge >= 0.3 is 0 Å². The Morgan fingerprint density at radius 3 is 2.67 bits per heavy atom. The van der Waals surface area contributed by atoms with Crippen LogP contribution in [0.3, 0.4) is 0 Å². The van der Waals surface area contributed by atoms with Crippen LogP contribution in [-0.4, -0.2) is 20.1 Å². The molecule has 0 atom stereocenters. The van der Waals surface area contributed by atoms with E-state index >= 15 is 0 Å². The Balaban J connectivity index is 1.54. The summed E-state index contributed by atoms with van der Waals surface area (Å²) >= 11 is 3.39. The number of amides is 1. The molecular formula is C23H21NO4S2. The molecule has 0 fully saturated rings. The number of rotatable bonds is 8. The van der Waals surface area contributed by atoms with Crippen molar-refractivity contribution in [3.63, 3.8) is 0 Å². The molecule has 0 saturated carbocycles. The number of benzene rings is 2. The number of furan rings is 1. The monoisotopic (exact) mass is 439 g/mol. The quantitative estimate of drug-likeness (QED) is 0.355. The smallest absolute Gasteiger partial charge is 0.287 e. The molecule has 154 valence electrons. The van der Waals surface area contributed by atoms with E-state index in [2.05, 4.69) is 11.4 Å². The summed E-state index contributed by atoms with van der Waals surface area (Å²) in [6, 6.07) is 17.4. The normalized spacial score (nSPS) is 10.9. The molecule has 0 unspecified atom stereocenters. The predicted molar refractivity (Wildman–Crippen MR) is 121 cm³/mol. The van der Waals surface area contributed by atoms with E-state index in [9.17, 15) is 4.79 Å². The minimum Gasteiger partial charge on any atom is -0.493 e. The second kappa shape index (κ2) is 9.28. The van der Waals surface area contributed by atoms with E-state index in [-0.39, 0.29) is 5.91 Å². The maximum absolute atomic E-state index is 13.0. The van der Waals surface area contributed by atoms with Crippen LogP contribution in [0.2, 0.25) is 0 Å². The van der Waals surface area contributed by atoms with Gasteiger partial charge in [0.15, 0.2) is 17.3 Å². The zero-order valence-corrected chi connectivity index (χ0v) is 18.3. The lowest BCUT2D eigenvalue weighted by Crippen LogP contribution is -2.23. The fourth-order valence-electron chi connectivity index (χ4n) is 3.17. The van der Waals surface area contributed by atoms with Crippen molar-refractivity contribution in [3.05, 3.63) is 76.9 Å². The van der Waals surface area contributed by atoms with Gasteiger partial charge in [0.05, 0.1) is 18.4 Å². The summed E-state index contributed by atoms with van der Waals surface area (Å²) in [4.78, 5) is 13.0. The zero-order chi connectivity index (χ0) is 20.9. The van der Waals surface area contributed by atoms with Gasteiger partial charge in [-0.25, -0.2) is 0 Å². The van der Waals surface area contributed by atoms with Gasteiger partial charge in [-0.1, -0.05) is 30.3 Å². The van der Waals surface area contributed by atoms with Crippen molar-refractivity contribution in [2.45, 2.75) is 16.5 Å². The molecule has 2 heterocycles. The van der Waals surface area contributed by atoms with Gasteiger partial charge < -0.3 is 19.2 Å². The minimum atomic E-state index is -0.234. The first-order valence-corrected chi connectivity index (χ1v) is 11.2. The van der Waals surface area contributed by atoms with Gasteiger partial charge in [0.25, 0.3) is 5.91 Å². The maximum atomic E-state index is 13.0. The Kier molecular flexibility index (Phi) is 6.30. The molecule has 0 aliphatic heterocycles.